The van der Waals surface area contributed by atoms with Crippen LogP contribution in [0, 0.1) is 0 Å². The number of nitrogens with zero attached hydrogens (tertiary/aromatic N) is 2. The van der Waals surface area contributed by atoms with Gasteiger partial charge in [-0.05, 0) is 37.4 Å². The highest BCUT2D eigenvalue weighted by Crippen LogP contribution is 2.38. The molecule has 2 amide bonds. The molecule has 25 heavy (non-hydrogen) atoms. The second-order valence-electron chi connectivity index (χ2n) is 7.22. The SMILES string of the molecule is CC[C@H](O[Si](CC)(CC)CC)[C@@H]1[C@@H]2CC[C@H](CN1C(=O)O)N2C(=O)O. The van der Waals surface area contributed by atoms with Crippen molar-refractivity contribution in [2.45, 2.75) is 89.3 Å². The number of hydrogen-bond donors (Lipinski definition) is 2. The fraction of sp³-hybridized carbons (Fsp3) is 0.882. The molecule has 0 saturated carbocycles. The van der Waals surface area contributed by atoms with Gasteiger partial charge in [0.15, 0.2) is 8.32 Å². The zero-order valence-corrected chi connectivity index (χ0v) is 16.8. The minimum atomic E-state index is -1.91. The van der Waals surface area contributed by atoms with E-state index in [-0.39, 0.29) is 24.7 Å². The van der Waals surface area contributed by atoms with Crippen molar-refractivity contribution in [2.24, 2.45) is 0 Å². The predicted octanol–water partition coefficient (Wildman–Crippen LogP) is 3.66. The average molecular weight is 373 g/mol. The van der Waals surface area contributed by atoms with Crippen molar-refractivity contribution < 1.29 is 24.2 Å². The Kier molecular flexibility index (Phi) is 6.37. The van der Waals surface area contributed by atoms with E-state index in [9.17, 15) is 19.8 Å². The molecule has 7 nitrogen and oxygen atoms in total. The monoisotopic (exact) mass is 372 g/mol. The van der Waals surface area contributed by atoms with Crippen molar-refractivity contribution in [3.8, 4) is 0 Å². The Morgan fingerprint density at radius 3 is 2.12 bits per heavy atom. The Morgan fingerprint density at radius 1 is 1.08 bits per heavy atom. The van der Waals surface area contributed by atoms with Gasteiger partial charge >= 0.3 is 12.2 Å². The maximum absolute atomic E-state index is 11.9. The van der Waals surface area contributed by atoms with Crippen molar-refractivity contribution in [3.05, 3.63) is 0 Å². The van der Waals surface area contributed by atoms with Crippen LogP contribution in [0.25, 0.3) is 0 Å². The van der Waals surface area contributed by atoms with Gasteiger partial charge in [0, 0.05) is 6.54 Å². The molecule has 2 heterocycles. The molecule has 2 bridgehead atoms. The van der Waals surface area contributed by atoms with Crippen molar-refractivity contribution in [1.29, 1.82) is 0 Å². The second-order valence-corrected chi connectivity index (χ2v) is 11.9. The Balaban J connectivity index is 2.35. The minimum absolute atomic E-state index is 0.224. The Morgan fingerprint density at radius 2 is 1.68 bits per heavy atom. The van der Waals surface area contributed by atoms with Gasteiger partial charge in [-0.3, -0.25) is 9.80 Å². The van der Waals surface area contributed by atoms with Gasteiger partial charge < -0.3 is 14.6 Å². The van der Waals surface area contributed by atoms with Gasteiger partial charge in [0.1, 0.15) is 0 Å². The molecule has 4 atom stereocenters. The summed E-state index contributed by atoms with van der Waals surface area (Å²) in [4.78, 5) is 26.5. The number of amides is 2. The summed E-state index contributed by atoms with van der Waals surface area (Å²) in [5.41, 5.74) is 0. The first kappa shape index (κ1) is 20.0. The van der Waals surface area contributed by atoms with Crippen molar-refractivity contribution in [1.82, 2.24) is 9.80 Å². The number of rotatable bonds is 7. The molecule has 2 rings (SSSR count). The van der Waals surface area contributed by atoms with Crippen LogP contribution in [0.1, 0.15) is 47.0 Å². The standard InChI is InChI=1S/C17H32N2O5Si/c1-5-14(24-25(6-2,7-3)8-4)15-13-10-9-12(19(13)17(22)23)11-18(15)16(20)21/h12-15H,5-11H2,1-4H3,(H,20,21)(H,22,23)/t12-,13+,14+,15+/m1/s1. The molecule has 8 heteroatoms. The molecule has 2 aliphatic heterocycles. The lowest BCUT2D eigenvalue weighted by molar-refractivity contribution is -0.0242. The molecular weight excluding hydrogens is 340 g/mol. The van der Waals surface area contributed by atoms with E-state index in [1.807, 2.05) is 6.92 Å². The lowest BCUT2D eigenvalue weighted by Gasteiger charge is -2.49. The Labute approximate surface area is 151 Å². The average Bonchev–Trinajstić information content (AvgIpc) is 2.92. The van der Waals surface area contributed by atoms with Crippen LogP contribution >= 0.6 is 0 Å². The molecule has 0 aliphatic carbocycles. The fourth-order valence-electron chi connectivity index (χ4n) is 4.65. The van der Waals surface area contributed by atoms with E-state index >= 15 is 0 Å². The molecular formula is C17H32N2O5Si. The van der Waals surface area contributed by atoms with Gasteiger partial charge in [0.05, 0.1) is 24.2 Å². The summed E-state index contributed by atoms with van der Waals surface area (Å²) in [6.45, 7) is 8.71. The van der Waals surface area contributed by atoms with Crippen LogP contribution in [0.5, 0.6) is 0 Å². The first-order valence-corrected chi connectivity index (χ1v) is 12.1. The lowest BCUT2D eigenvalue weighted by Crippen LogP contribution is -2.66. The quantitative estimate of drug-likeness (QED) is 0.666. The fourth-order valence-corrected chi connectivity index (χ4v) is 7.60. The second kappa shape index (κ2) is 7.95. The number of carboxylic acid groups (broad SMARTS) is 2. The summed E-state index contributed by atoms with van der Waals surface area (Å²) in [6.07, 6.45) is -0.0187. The van der Waals surface area contributed by atoms with Gasteiger partial charge in [0.25, 0.3) is 0 Å². The highest BCUT2D eigenvalue weighted by molar-refractivity contribution is 6.73. The molecule has 0 aromatic carbocycles. The zero-order valence-electron chi connectivity index (χ0n) is 15.8. The maximum Gasteiger partial charge on any atom is 0.407 e. The van der Waals surface area contributed by atoms with E-state index in [1.54, 1.807) is 0 Å². The molecule has 0 spiro atoms. The molecule has 2 aliphatic rings. The number of piperazine rings is 1. The van der Waals surface area contributed by atoms with Crippen molar-refractivity contribution in [2.75, 3.05) is 6.54 Å². The predicted molar refractivity (Wildman–Crippen MR) is 97.6 cm³/mol. The number of carbonyl (C=O) groups is 2. The topological polar surface area (TPSA) is 90.3 Å². The van der Waals surface area contributed by atoms with Crippen LogP contribution < -0.4 is 0 Å². The molecule has 0 aromatic heterocycles. The summed E-state index contributed by atoms with van der Waals surface area (Å²) in [6, 6.07) is 2.05. The van der Waals surface area contributed by atoms with E-state index < -0.39 is 26.5 Å². The first-order chi connectivity index (χ1) is 11.8. The summed E-state index contributed by atoms with van der Waals surface area (Å²) in [5, 5.41) is 19.3. The maximum atomic E-state index is 11.9. The largest absolute Gasteiger partial charge is 0.465 e. The Bertz CT molecular complexity index is 491. The molecule has 0 radical (unpaired) electrons. The van der Waals surface area contributed by atoms with E-state index in [4.69, 9.17) is 4.43 Å². The molecule has 2 fully saturated rings. The van der Waals surface area contributed by atoms with Gasteiger partial charge in [-0.2, -0.15) is 0 Å². The molecule has 144 valence electrons. The number of likely N-dealkylation sites (tertiary alicyclic amines) is 1. The van der Waals surface area contributed by atoms with Crippen molar-refractivity contribution in [3.63, 3.8) is 0 Å². The van der Waals surface area contributed by atoms with E-state index in [0.717, 1.165) is 24.6 Å². The summed E-state index contributed by atoms with van der Waals surface area (Å²) in [7, 11) is -1.91. The number of hydrogen-bond acceptors (Lipinski definition) is 3. The third-order valence-electron chi connectivity index (χ3n) is 6.29. The van der Waals surface area contributed by atoms with Gasteiger partial charge in [-0.1, -0.05) is 27.7 Å². The van der Waals surface area contributed by atoms with E-state index in [0.29, 0.717) is 12.8 Å². The lowest BCUT2D eigenvalue weighted by atomic mass is 9.96. The summed E-state index contributed by atoms with van der Waals surface area (Å²) >= 11 is 0. The van der Waals surface area contributed by atoms with Crippen LogP contribution in [-0.2, 0) is 4.43 Å². The van der Waals surface area contributed by atoms with Crippen LogP contribution in [0.2, 0.25) is 18.1 Å². The molecule has 0 aromatic rings. The smallest absolute Gasteiger partial charge is 0.407 e. The van der Waals surface area contributed by atoms with Crippen LogP contribution in [0.4, 0.5) is 9.59 Å². The highest BCUT2D eigenvalue weighted by Gasteiger charge is 2.53. The van der Waals surface area contributed by atoms with Gasteiger partial charge in [-0.25, -0.2) is 9.59 Å². The molecule has 2 saturated heterocycles. The van der Waals surface area contributed by atoms with Crippen LogP contribution in [0.15, 0.2) is 0 Å². The third kappa shape index (κ3) is 3.65. The zero-order chi connectivity index (χ0) is 18.8. The van der Waals surface area contributed by atoms with E-state index in [2.05, 4.69) is 20.8 Å². The van der Waals surface area contributed by atoms with Gasteiger partial charge in [0.2, 0.25) is 0 Å². The molecule has 0 unspecified atom stereocenters. The van der Waals surface area contributed by atoms with Crippen LogP contribution in [-0.4, -0.2) is 71.3 Å². The van der Waals surface area contributed by atoms with Crippen molar-refractivity contribution >= 4 is 20.5 Å². The minimum Gasteiger partial charge on any atom is -0.465 e. The highest BCUT2D eigenvalue weighted by atomic mass is 28.4. The Hall–Kier alpha value is -1.28. The number of fused-ring (bicyclic) bond motifs is 2. The van der Waals surface area contributed by atoms with Crippen LogP contribution in [0.3, 0.4) is 0 Å². The first-order valence-electron chi connectivity index (χ1n) is 9.52. The summed E-state index contributed by atoms with van der Waals surface area (Å²) < 4.78 is 6.65. The molecule has 2 N–H and O–H groups in total. The van der Waals surface area contributed by atoms with E-state index in [1.165, 1.54) is 9.80 Å². The normalized spacial score (nSPS) is 27.4. The third-order valence-corrected chi connectivity index (χ3v) is 11.0. The summed E-state index contributed by atoms with van der Waals surface area (Å²) in [5.74, 6) is 0. The van der Waals surface area contributed by atoms with Gasteiger partial charge in [-0.15, -0.1) is 0 Å².